The average Bonchev–Trinajstić information content (AvgIpc) is 2.75. The van der Waals surface area contributed by atoms with Crippen molar-refractivity contribution in [1.29, 1.82) is 0 Å². The minimum absolute atomic E-state index is 0.0727. The highest BCUT2D eigenvalue weighted by atomic mass is 32.3. The lowest BCUT2D eigenvalue weighted by atomic mass is 9.84. The van der Waals surface area contributed by atoms with Crippen LogP contribution in [0.1, 0.15) is 19.8 Å². The van der Waals surface area contributed by atoms with Gasteiger partial charge in [0, 0.05) is 12.1 Å². The standard InChI is InChI=1S/C19H37N5O7.H2O4S/c1-19(27)7-28-18(13(26)16(19)24-2)31-15-11(23)5-10(22)14(12(15)25)30-17-9(21)4-3-8(6-20)29-17;1-5(2,3)4/h3,9-18,24-27H,4-7,20-23H2,1-2H3;(H2,1,2,3,4)/t9?,10-,11+,12-,13+,14+,15-,16+,17?,18+,19-;/m0./s1. The van der Waals surface area contributed by atoms with E-state index in [1.807, 2.05) is 0 Å². The van der Waals surface area contributed by atoms with Crippen LogP contribution in [0.4, 0.5) is 0 Å². The highest BCUT2D eigenvalue weighted by Crippen LogP contribution is 2.31. The van der Waals surface area contributed by atoms with Gasteiger partial charge in [0.1, 0.15) is 35.8 Å². The van der Waals surface area contributed by atoms with E-state index >= 15 is 0 Å². The number of rotatable bonds is 6. The van der Waals surface area contributed by atoms with Crippen molar-refractivity contribution in [3.63, 3.8) is 0 Å². The monoisotopic (exact) mass is 545 g/mol. The first-order valence-electron chi connectivity index (χ1n) is 11.3. The summed E-state index contributed by atoms with van der Waals surface area (Å²) < 4.78 is 54.6. The van der Waals surface area contributed by atoms with E-state index in [0.717, 1.165) is 0 Å². The molecule has 3 rings (SSSR count). The molecular weight excluding hydrogens is 506 g/mol. The Morgan fingerprint density at radius 1 is 1.08 bits per heavy atom. The molecule has 2 fully saturated rings. The molecule has 0 aromatic carbocycles. The molecule has 1 saturated carbocycles. The van der Waals surface area contributed by atoms with E-state index in [1.54, 1.807) is 20.0 Å². The van der Waals surface area contributed by atoms with Crippen LogP contribution < -0.4 is 28.3 Å². The summed E-state index contributed by atoms with van der Waals surface area (Å²) in [6, 6.07) is -2.37. The van der Waals surface area contributed by atoms with Crippen LogP contribution in [0, 0.1) is 0 Å². The molecule has 2 aliphatic heterocycles. The molecule has 0 aromatic heterocycles. The molecule has 14 N–H and O–H groups in total. The van der Waals surface area contributed by atoms with Crippen molar-refractivity contribution in [2.45, 2.75) is 86.5 Å². The van der Waals surface area contributed by atoms with E-state index in [4.69, 9.17) is 59.4 Å². The number of aliphatic hydroxyl groups excluding tert-OH is 2. The van der Waals surface area contributed by atoms with Gasteiger partial charge in [-0.25, -0.2) is 0 Å². The predicted octanol–water partition coefficient (Wildman–Crippen LogP) is -4.50. The molecule has 0 aromatic rings. The Morgan fingerprint density at radius 2 is 1.61 bits per heavy atom. The number of nitrogens with two attached hydrogens (primary N) is 4. The molecule has 36 heavy (non-hydrogen) atoms. The lowest BCUT2D eigenvalue weighted by Crippen LogP contribution is -2.68. The fourth-order valence-electron chi connectivity index (χ4n) is 4.44. The molecule has 17 heteroatoms. The number of hydrogen-bond donors (Lipinski definition) is 10. The number of likely N-dealkylation sites (N-methyl/N-ethyl adjacent to an activating group) is 1. The molecule has 1 aliphatic carbocycles. The lowest BCUT2D eigenvalue weighted by Gasteiger charge is -2.48. The predicted molar refractivity (Wildman–Crippen MR) is 124 cm³/mol. The molecule has 0 amide bonds. The summed E-state index contributed by atoms with van der Waals surface area (Å²) in [6.07, 6.45) is -3.56. The maximum atomic E-state index is 11.0. The van der Waals surface area contributed by atoms with Gasteiger partial charge in [-0.3, -0.25) is 9.11 Å². The summed E-state index contributed by atoms with van der Waals surface area (Å²) in [5.41, 5.74) is 22.9. The van der Waals surface area contributed by atoms with Crippen molar-refractivity contribution in [2.75, 3.05) is 20.2 Å². The van der Waals surface area contributed by atoms with Gasteiger partial charge in [-0.15, -0.1) is 0 Å². The SMILES string of the molecule is CN[C@@H]1[C@@H](O)[C@@H](O[C@@H]2[C@@H](O)[C@H](OC3OC(CN)=CCC3N)[C@@H](N)C[C@H]2N)OC[C@]1(C)O.O=S(=O)(O)O. The van der Waals surface area contributed by atoms with Crippen LogP contribution in [0.5, 0.6) is 0 Å². The third-order valence-corrected chi connectivity index (χ3v) is 6.22. The lowest BCUT2D eigenvalue weighted by molar-refractivity contribution is -0.303. The molecule has 0 spiro atoms. The van der Waals surface area contributed by atoms with E-state index in [2.05, 4.69) is 5.32 Å². The molecule has 2 unspecified atom stereocenters. The number of nitrogens with one attached hydrogen (secondary N) is 1. The van der Waals surface area contributed by atoms with Crippen LogP contribution >= 0.6 is 0 Å². The van der Waals surface area contributed by atoms with E-state index in [-0.39, 0.29) is 13.2 Å². The van der Waals surface area contributed by atoms with Gasteiger partial charge in [-0.05, 0) is 32.9 Å². The van der Waals surface area contributed by atoms with Gasteiger partial charge in [0.2, 0.25) is 6.29 Å². The summed E-state index contributed by atoms with van der Waals surface area (Å²) in [4.78, 5) is 0. The van der Waals surface area contributed by atoms with Crippen LogP contribution in [0.25, 0.3) is 0 Å². The highest BCUT2D eigenvalue weighted by Gasteiger charge is 2.50. The first-order chi connectivity index (χ1) is 16.6. The first-order valence-corrected chi connectivity index (χ1v) is 12.7. The molecule has 0 radical (unpaired) electrons. The smallest absolute Gasteiger partial charge is 0.394 e. The Morgan fingerprint density at radius 3 is 2.11 bits per heavy atom. The topological polar surface area (TPSA) is 288 Å². The van der Waals surface area contributed by atoms with Crippen LogP contribution in [0.3, 0.4) is 0 Å². The zero-order valence-electron chi connectivity index (χ0n) is 20.1. The number of ether oxygens (including phenoxy) is 4. The second kappa shape index (κ2) is 12.7. The van der Waals surface area contributed by atoms with Gasteiger partial charge in [0.05, 0.1) is 25.2 Å². The molecule has 1 saturated heterocycles. The Kier molecular flexibility index (Phi) is 11.0. The van der Waals surface area contributed by atoms with E-state index in [0.29, 0.717) is 18.6 Å². The zero-order chi connectivity index (χ0) is 27.4. The second-order valence-electron chi connectivity index (χ2n) is 9.26. The van der Waals surface area contributed by atoms with Gasteiger partial charge in [-0.1, -0.05) is 0 Å². The summed E-state index contributed by atoms with van der Waals surface area (Å²) in [6.45, 7) is 1.68. The molecule has 16 nitrogen and oxygen atoms in total. The summed E-state index contributed by atoms with van der Waals surface area (Å²) >= 11 is 0. The van der Waals surface area contributed by atoms with Gasteiger partial charge in [-0.2, -0.15) is 8.42 Å². The highest BCUT2D eigenvalue weighted by molar-refractivity contribution is 7.79. The van der Waals surface area contributed by atoms with Gasteiger partial charge >= 0.3 is 10.4 Å². The second-order valence-corrected chi connectivity index (χ2v) is 10.2. The fourth-order valence-corrected chi connectivity index (χ4v) is 4.44. The molecule has 0 bridgehead atoms. The molecule has 3 aliphatic rings. The Bertz CT molecular complexity index is 840. The third kappa shape index (κ3) is 8.23. The minimum Gasteiger partial charge on any atom is -0.467 e. The Hall–Kier alpha value is -1.03. The van der Waals surface area contributed by atoms with Crippen LogP contribution in [-0.4, -0.2) is 120 Å². The number of aliphatic hydroxyl groups is 3. The summed E-state index contributed by atoms with van der Waals surface area (Å²) in [7, 11) is -3.05. The van der Waals surface area contributed by atoms with E-state index in [9.17, 15) is 15.3 Å². The zero-order valence-corrected chi connectivity index (χ0v) is 20.9. The summed E-state index contributed by atoms with van der Waals surface area (Å²) in [5, 5.41) is 34.9. The Balaban J connectivity index is 0.000000830. The quantitative estimate of drug-likeness (QED) is 0.141. The van der Waals surface area contributed by atoms with Gasteiger partial charge in [0.25, 0.3) is 0 Å². The molecule has 11 atom stereocenters. The maximum absolute atomic E-state index is 11.0. The molecular formula is C19H39N5O11S. The van der Waals surface area contributed by atoms with Crippen LogP contribution in [0.2, 0.25) is 0 Å². The van der Waals surface area contributed by atoms with Crippen molar-refractivity contribution in [3.8, 4) is 0 Å². The largest absolute Gasteiger partial charge is 0.467 e. The van der Waals surface area contributed by atoms with E-state index < -0.39 is 77.2 Å². The minimum atomic E-state index is -4.67. The number of hydrogen-bond acceptors (Lipinski definition) is 14. The molecule has 212 valence electrons. The van der Waals surface area contributed by atoms with Crippen molar-refractivity contribution in [1.82, 2.24) is 5.32 Å². The average molecular weight is 546 g/mol. The van der Waals surface area contributed by atoms with Gasteiger partial charge < -0.3 is 62.5 Å². The summed E-state index contributed by atoms with van der Waals surface area (Å²) in [5.74, 6) is 0.555. The van der Waals surface area contributed by atoms with E-state index in [1.165, 1.54) is 0 Å². The fraction of sp³-hybridized carbons (Fsp3) is 0.895. The van der Waals surface area contributed by atoms with Crippen molar-refractivity contribution >= 4 is 10.4 Å². The first kappa shape index (κ1) is 31.2. The van der Waals surface area contributed by atoms with Crippen LogP contribution in [-0.2, 0) is 29.3 Å². The van der Waals surface area contributed by atoms with Crippen molar-refractivity contribution in [2.24, 2.45) is 22.9 Å². The molecule has 2 heterocycles. The normalized spacial score (nSPS) is 43.6. The maximum Gasteiger partial charge on any atom is 0.394 e. The van der Waals surface area contributed by atoms with Crippen molar-refractivity contribution < 1.29 is 51.8 Å². The third-order valence-electron chi connectivity index (χ3n) is 6.22. The van der Waals surface area contributed by atoms with Crippen LogP contribution in [0.15, 0.2) is 11.8 Å². The van der Waals surface area contributed by atoms with Gasteiger partial charge in [0.15, 0.2) is 6.29 Å². The Labute approximate surface area is 209 Å². The van der Waals surface area contributed by atoms with Crippen molar-refractivity contribution in [3.05, 3.63) is 11.8 Å².